The smallest absolute Gasteiger partial charge is 0.0814 e. The molecule has 0 heterocycles. The summed E-state index contributed by atoms with van der Waals surface area (Å²) in [5.74, 6) is 0. The zero-order chi connectivity index (χ0) is 5.98. The van der Waals surface area contributed by atoms with Crippen LogP contribution >= 0.6 is 0 Å². The molecule has 0 bridgehead atoms. The van der Waals surface area contributed by atoms with E-state index < -0.39 is 0 Å². The summed E-state index contributed by atoms with van der Waals surface area (Å²) in [5, 5.41) is 0. The van der Waals surface area contributed by atoms with Gasteiger partial charge in [-0.3, -0.25) is 0 Å². The molecule has 0 radical (unpaired) electrons. The summed E-state index contributed by atoms with van der Waals surface area (Å²) in [6.45, 7) is 4.24. The molecule has 56 valence electrons. The molecule has 10 heavy (non-hydrogen) atoms. The maximum Gasteiger partial charge on any atom is 0.0814 e. The Bertz CT molecular complexity index is 165. The summed E-state index contributed by atoms with van der Waals surface area (Å²) in [5.41, 5.74) is 2.74. The average molecular weight is 138 g/mol. The van der Waals surface area contributed by atoms with Crippen LogP contribution in [0, 0.1) is 13.8 Å². The van der Waals surface area contributed by atoms with Gasteiger partial charge in [-0.05, 0) is 25.0 Å². The first-order valence-corrected chi connectivity index (χ1v) is 2.83. The Morgan fingerprint density at radius 1 is 0.900 bits per heavy atom. The summed E-state index contributed by atoms with van der Waals surface area (Å²) in [6.07, 6.45) is 0. The number of hydrogen-bond acceptors (Lipinski definition) is 0. The lowest BCUT2D eigenvalue weighted by atomic mass is 10.1. The maximum atomic E-state index is 2.12. The van der Waals surface area contributed by atoms with E-state index in [1.54, 1.807) is 0 Å². The highest BCUT2D eigenvalue weighted by molar-refractivity contribution is 5.75. The van der Waals surface area contributed by atoms with Gasteiger partial charge in [0.2, 0.25) is 0 Å². The van der Waals surface area contributed by atoms with Crippen molar-refractivity contribution < 1.29 is 5.48 Å². The van der Waals surface area contributed by atoms with Crippen LogP contribution in [0.4, 0.5) is 0 Å². The molecule has 0 aliphatic rings. The monoisotopic (exact) mass is 138 g/mol. The minimum atomic E-state index is 0. The first kappa shape index (κ1) is 12.0. The fourth-order valence-corrected chi connectivity index (χ4v) is 0.663. The fraction of sp³-hybridized carbons (Fsp3) is 0.250. The highest BCUT2D eigenvalue weighted by atomic mass is 16.0. The predicted octanol–water partition coefficient (Wildman–Crippen LogP) is 0.295. The molecule has 0 aliphatic carbocycles. The van der Waals surface area contributed by atoms with Gasteiger partial charge in [-0.1, -0.05) is 24.3 Å². The topological polar surface area (TPSA) is 31.5 Å². The van der Waals surface area contributed by atoms with E-state index in [1.165, 1.54) is 11.1 Å². The third kappa shape index (κ3) is 2.69. The summed E-state index contributed by atoms with van der Waals surface area (Å²) >= 11 is 0. The molecule has 2 N–H and O–H groups in total. The van der Waals surface area contributed by atoms with Gasteiger partial charge in [-0.15, -0.1) is 0 Å². The van der Waals surface area contributed by atoms with E-state index in [0.29, 0.717) is 0 Å². The van der Waals surface area contributed by atoms with Gasteiger partial charge in [0.15, 0.2) is 0 Å². The summed E-state index contributed by atoms with van der Waals surface area (Å²) in [6, 6.07) is 8.36. The Balaban J connectivity index is 0. The highest BCUT2D eigenvalue weighted by Gasteiger charge is 1.83. The van der Waals surface area contributed by atoms with E-state index in [2.05, 4.69) is 38.1 Å². The molecule has 1 nitrogen and oxygen atoms in total. The number of rotatable bonds is 0. The van der Waals surface area contributed by atoms with Gasteiger partial charge in [-0.2, -0.15) is 0 Å². The third-order valence-electron chi connectivity index (χ3n) is 1.43. The largest absolute Gasteiger partial charge is 0.412 e. The summed E-state index contributed by atoms with van der Waals surface area (Å²) < 4.78 is 0. The Morgan fingerprint density at radius 2 is 1.20 bits per heavy atom. The van der Waals surface area contributed by atoms with E-state index in [-0.39, 0.29) is 13.9 Å². The molecular weight excluding hydrogens is 123 g/mol. The van der Waals surface area contributed by atoms with Gasteiger partial charge in [-0.25, -0.2) is 0 Å². The van der Waals surface area contributed by atoms with Crippen LogP contribution in [-0.4, -0.2) is 13.9 Å². The highest BCUT2D eigenvalue weighted by Crippen LogP contribution is 2.02. The predicted molar refractivity (Wildman–Crippen MR) is 49.5 cm³/mol. The molecule has 0 aromatic heterocycles. The van der Waals surface area contributed by atoms with Crippen LogP contribution in [-0.2, 0) is 0 Å². The minimum Gasteiger partial charge on any atom is -0.412 e. The molecule has 0 spiro atoms. The lowest BCUT2D eigenvalue weighted by Crippen LogP contribution is -1.74. The van der Waals surface area contributed by atoms with Crippen molar-refractivity contribution in [3.05, 3.63) is 35.4 Å². The zero-order valence-electron chi connectivity index (χ0n) is 5.81. The van der Waals surface area contributed by atoms with E-state index in [0.717, 1.165) is 0 Å². The maximum absolute atomic E-state index is 2.12. The van der Waals surface area contributed by atoms with Crippen LogP contribution in [0.3, 0.4) is 0 Å². The van der Waals surface area contributed by atoms with Gasteiger partial charge in [0.05, 0.1) is 8.41 Å². The van der Waals surface area contributed by atoms with Crippen LogP contribution in [0.15, 0.2) is 24.3 Å². The van der Waals surface area contributed by atoms with Crippen molar-refractivity contribution in [2.45, 2.75) is 13.8 Å². The van der Waals surface area contributed by atoms with Gasteiger partial charge < -0.3 is 5.48 Å². The molecule has 0 unspecified atom stereocenters. The Morgan fingerprint density at radius 3 is 1.40 bits per heavy atom. The Kier molecular flexibility index (Phi) is 6.06. The molecule has 0 saturated heterocycles. The SMILES string of the molecule is B.Cc1ccccc1C.O. The molecular formula is C8H15BO. The molecule has 0 amide bonds. The first-order valence-electron chi connectivity index (χ1n) is 2.83. The quantitative estimate of drug-likeness (QED) is 0.461. The van der Waals surface area contributed by atoms with Crippen molar-refractivity contribution >= 4 is 8.41 Å². The van der Waals surface area contributed by atoms with E-state index in [9.17, 15) is 0 Å². The second-order valence-corrected chi connectivity index (χ2v) is 2.08. The van der Waals surface area contributed by atoms with Crippen molar-refractivity contribution in [1.82, 2.24) is 0 Å². The van der Waals surface area contributed by atoms with Crippen LogP contribution in [0.1, 0.15) is 11.1 Å². The number of hydrogen-bond donors (Lipinski definition) is 0. The second-order valence-electron chi connectivity index (χ2n) is 2.08. The van der Waals surface area contributed by atoms with Gasteiger partial charge >= 0.3 is 0 Å². The Labute approximate surface area is 64.0 Å². The van der Waals surface area contributed by atoms with Crippen LogP contribution in [0.5, 0.6) is 0 Å². The van der Waals surface area contributed by atoms with Crippen LogP contribution in [0.25, 0.3) is 0 Å². The van der Waals surface area contributed by atoms with Crippen molar-refractivity contribution in [2.24, 2.45) is 0 Å². The molecule has 2 heteroatoms. The number of benzene rings is 1. The average Bonchev–Trinajstić information content (AvgIpc) is 1.77. The summed E-state index contributed by atoms with van der Waals surface area (Å²) in [4.78, 5) is 0. The second kappa shape index (κ2) is 5.06. The fourth-order valence-electron chi connectivity index (χ4n) is 0.663. The summed E-state index contributed by atoms with van der Waals surface area (Å²) in [7, 11) is 0. The molecule has 0 saturated carbocycles. The number of aryl methyl sites for hydroxylation is 2. The third-order valence-corrected chi connectivity index (χ3v) is 1.43. The van der Waals surface area contributed by atoms with Crippen LogP contribution < -0.4 is 0 Å². The van der Waals surface area contributed by atoms with Crippen molar-refractivity contribution in [3.8, 4) is 0 Å². The molecule has 0 fully saturated rings. The van der Waals surface area contributed by atoms with Crippen molar-refractivity contribution in [3.63, 3.8) is 0 Å². The van der Waals surface area contributed by atoms with Crippen molar-refractivity contribution in [1.29, 1.82) is 0 Å². The standard InChI is InChI=1S/C8H10.BH3.H2O/c1-7-5-3-4-6-8(7)2;;/h3-6H,1-2H3;1H3;1H2. The Hall–Kier alpha value is -0.755. The molecule has 1 aromatic carbocycles. The normalized spacial score (nSPS) is 7.40. The van der Waals surface area contributed by atoms with E-state index in [1.807, 2.05) is 0 Å². The minimum absolute atomic E-state index is 0. The van der Waals surface area contributed by atoms with E-state index in [4.69, 9.17) is 0 Å². The molecule has 0 atom stereocenters. The lowest BCUT2D eigenvalue weighted by Gasteiger charge is -1.93. The lowest BCUT2D eigenvalue weighted by molar-refractivity contribution is 0.824. The van der Waals surface area contributed by atoms with Crippen molar-refractivity contribution in [2.75, 3.05) is 0 Å². The molecule has 1 rings (SSSR count). The molecule has 1 aromatic rings. The molecule has 0 aliphatic heterocycles. The van der Waals surface area contributed by atoms with Crippen LogP contribution in [0.2, 0.25) is 0 Å². The van der Waals surface area contributed by atoms with Gasteiger partial charge in [0.1, 0.15) is 0 Å². The van der Waals surface area contributed by atoms with E-state index >= 15 is 0 Å². The first-order chi connectivity index (χ1) is 3.80. The van der Waals surface area contributed by atoms with Gasteiger partial charge in [0, 0.05) is 0 Å². The zero-order valence-corrected chi connectivity index (χ0v) is 5.81. The van der Waals surface area contributed by atoms with Gasteiger partial charge in [0.25, 0.3) is 0 Å².